The highest BCUT2D eigenvalue weighted by Gasteiger charge is 2.24. The number of amides is 1. The average Bonchev–Trinajstić information content (AvgIpc) is 2.88. The van der Waals surface area contributed by atoms with Gasteiger partial charge in [0.2, 0.25) is 10.0 Å². The number of likely N-dealkylation sites (tertiary alicyclic amines) is 1. The van der Waals surface area contributed by atoms with Crippen molar-refractivity contribution in [1.29, 1.82) is 0 Å². The van der Waals surface area contributed by atoms with E-state index in [1.807, 2.05) is 24.5 Å². The number of nitrogens with one attached hydrogen (secondary N) is 1. The van der Waals surface area contributed by atoms with E-state index < -0.39 is 10.0 Å². The van der Waals surface area contributed by atoms with Crippen LogP contribution in [0.15, 0.2) is 52.3 Å². The topological polar surface area (TPSA) is 79.0 Å². The second-order valence-electron chi connectivity index (χ2n) is 8.70. The number of carbonyl (C=O) groups is 1. The van der Waals surface area contributed by atoms with Crippen LogP contribution in [0.2, 0.25) is 0 Å². The highest BCUT2D eigenvalue weighted by atomic mass is 32.2. The molecule has 0 saturated carbocycles. The summed E-state index contributed by atoms with van der Waals surface area (Å²) < 4.78 is 34.5. The highest BCUT2D eigenvalue weighted by Crippen LogP contribution is 2.26. The zero-order chi connectivity index (χ0) is 24.0. The Kier molecular flexibility index (Phi) is 8.65. The maximum atomic E-state index is 13.2. The Morgan fingerprint density at radius 3 is 2.41 bits per heavy atom. The fraction of sp³-hybridized carbons (Fsp3) is 0.480. The third-order valence-electron chi connectivity index (χ3n) is 6.42. The lowest BCUT2D eigenvalue weighted by Gasteiger charge is -2.27. The molecule has 2 saturated heterocycles. The molecule has 2 fully saturated rings. The molecule has 2 aromatic rings. The Labute approximate surface area is 206 Å². The lowest BCUT2D eigenvalue weighted by Crippen LogP contribution is -2.41. The van der Waals surface area contributed by atoms with Crippen molar-refractivity contribution in [3.63, 3.8) is 0 Å². The van der Waals surface area contributed by atoms with Crippen molar-refractivity contribution in [1.82, 2.24) is 14.5 Å². The van der Waals surface area contributed by atoms with Gasteiger partial charge in [-0.3, -0.25) is 9.69 Å². The first kappa shape index (κ1) is 25.2. The van der Waals surface area contributed by atoms with Crippen LogP contribution in [-0.4, -0.2) is 69.8 Å². The summed E-state index contributed by atoms with van der Waals surface area (Å²) in [6.07, 6.45) is 5.60. The van der Waals surface area contributed by atoms with Crippen LogP contribution < -0.4 is 4.72 Å². The molecule has 1 N–H and O–H groups in total. The number of nitrogens with zero attached hydrogens (tertiary/aromatic N) is 2. The number of hydrogen-bond donors (Lipinski definition) is 1. The number of hydrogen-bond acceptors (Lipinski definition) is 6. The van der Waals surface area contributed by atoms with E-state index in [2.05, 4.69) is 15.7 Å². The second kappa shape index (κ2) is 11.7. The molecule has 2 aromatic carbocycles. The number of ether oxygens (including phenoxy) is 1. The Bertz CT molecular complexity index is 1100. The molecule has 0 aliphatic carbocycles. The molecule has 7 nitrogen and oxygen atoms in total. The van der Waals surface area contributed by atoms with Crippen molar-refractivity contribution >= 4 is 27.7 Å². The van der Waals surface area contributed by atoms with Gasteiger partial charge in [-0.05, 0) is 61.5 Å². The lowest BCUT2D eigenvalue weighted by molar-refractivity contribution is 0.0300. The van der Waals surface area contributed by atoms with Gasteiger partial charge in [-0.2, -0.15) is 0 Å². The smallest absolute Gasteiger partial charge is 0.255 e. The van der Waals surface area contributed by atoms with Gasteiger partial charge in [0, 0.05) is 31.1 Å². The number of piperidine rings is 1. The molecule has 4 rings (SSSR count). The zero-order valence-electron chi connectivity index (χ0n) is 19.7. The van der Waals surface area contributed by atoms with E-state index in [1.54, 1.807) is 17.0 Å². The third kappa shape index (κ3) is 6.20. The molecule has 2 heterocycles. The number of benzene rings is 2. The van der Waals surface area contributed by atoms with Gasteiger partial charge in [-0.25, -0.2) is 13.1 Å². The molecule has 9 heteroatoms. The van der Waals surface area contributed by atoms with Crippen LogP contribution in [0.5, 0.6) is 0 Å². The fourth-order valence-corrected chi connectivity index (χ4v) is 6.06. The number of rotatable bonds is 8. The molecular weight excluding hydrogens is 470 g/mol. The molecule has 0 radical (unpaired) electrons. The minimum Gasteiger partial charge on any atom is -0.378 e. The van der Waals surface area contributed by atoms with Gasteiger partial charge in [0.15, 0.2) is 0 Å². The van der Waals surface area contributed by atoms with E-state index in [9.17, 15) is 13.2 Å². The van der Waals surface area contributed by atoms with Crippen LogP contribution >= 0.6 is 11.8 Å². The summed E-state index contributed by atoms with van der Waals surface area (Å²) in [5.74, 6) is -0.156. The zero-order valence-corrected chi connectivity index (χ0v) is 21.3. The number of thioether (sulfide) groups is 1. The van der Waals surface area contributed by atoms with Gasteiger partial charge < -0.3 is 9.64 Å². The molecule has 1 amide bonds. The van der Waals surface area contributed by atoms with Gasteiger partial charge >= 0.3 is 0 Å². The second-order valence-corrected chi connectivity index (χ2v) is 11.3. The predicted molar refractivity (Wildman–Crippen MR) is 135 cm³/mol. The molecule has 0 unspecified atom stereocenters. The molecule has 2 aliphatic rings. The summed E-state index contributed by atoms with van der Waals surface area (Å²) in [6.45, 7) is 5.23. The predicted octanol–water partition coefficient (Wildman–Crippen LogP) is 3.35. The molecular formula is C25H33N3O4S2. The van der Waals surface area contributed by atoms with Gasteiger partial charge in [0.25, 0.3) is 5.91 Å². The quantitative estimate of drug-likeness (QED) is 0.557. The summed E-state index contributed by atoms with van der Waals surface area (Å²) >= 11 is 1.44. The van der Waals surface area contributed by atoms with Crippen LogP contribution in [0.1, 0.15) is 40.7 Å². The third-order valence-corrected chi connectivity index (χ3v) is 8.62. The van der Waals surface area contributed by atoms with Crippen molar-refractivity contribution in [2.45, 2.75) is 42.1 Å². The van der Waals surface area contributed by atoms with Crippen molar-refractivity contribution < 1.29 is 17.9 Å². The maximum Gasteiger partial charge on any atom is 0.255 e. The first-order chi connectivity index (χ1) is 16.5. The highest BCUT2D eigenvalue weighted by molar-refractivity contribution is 7.98. The average molecular weight is 504 g/mol. The summed E-state index contributed by atoms with van der Waals surface area (Å²) in [5, 5.41) is 0. The standard InChI is InChI=1S/C25H33N3O4S2/c1-33-24-10-9-22(17-23(24)25(29)28-13-15-32-16-14-28)34(30,31)26-18-20-7-3-4-8-21(20)19-27-11-5-2-6-12-27/h3-4,7-10,17,26H,2,5-6,11-16,18-19H2,1H3. The summed E-state index contributed by atoms with van der Waals surface area (Å²) in [5.41, 5.74) is 2.54. The Hall–Kier alpha value is -1.91. The monoisotopic (exact) mass is 503 g/mol. The van der Waals surface area contributed by atoms with Gasteiger partial charge in [0.1, 0.15) is 0 Å². The van der Waals surface area contributed by atoms with Crippen LogP contribution in [0.25, 0.3) is 0 Å². The fourth-order valence-electron chi connectivity index (χ4n) is 4.46. The van der Waals surface area contributed by atoms with Gasteiger partial charge in [-0.15, -0.1) is 11.8 Å². The van der Waals surface area contributed by atoms with Crippen molar-refractivity contribution in [3.05, 3.63) is 59.2 Å². The lowest BCUT2D eigenvalue weighted by atomic mass is 10.1. The maximum absolute atomic E-state index is 13.2. The normalized spacial score (nSPS) is 17.6. The molecule has 0 bridgehead atoms. The van der Waals surface area contributed by atoms with E-state index in [1.165, 1.54) is 37.1 Å². The first-order valence-electron chi connectivity index (χ1n) is 11.8. The summed E-state index contributed by atoms with van der Waals surface area (Å²) in [7, 11) is -3.79. The van der Waals surface area contributed by atoms with Gasteiger partial charge in [0.05, 0.1) is 23.7 Å². The Balaban J connectivity index is 1.50. The largest absolute Gasteiger partial charge is 0.378 e. The molecule has 2 aliphatic heterocycles. The van der Waals surface area contributed by atoms with E-state index >= 15 is 0 Å². The Morgan fingerprint density at radius 1 is 1.00 bits per heavy atom. The van der Waals surface area contributed by atoms with Crippen LogP contribution in [-0.2, 0) is 27.8 Å². The van der Waals surface area contributed by atoms with Gasteiger partial charge in [-0.1, -0.05) is 30.7 Å². The number of sulfonamides is 1. The van der Waals surface area contributed by atoms with Crippen molar-refractivity contribution in [3.8, 4) is 0 Å². The van der Waals surface area contributed by atoms with Crippen LogP contribution in [0.4, 0.5) is 0 Å². The first-order valence-corrected chi connectivity index (χ1v) is 14.5. The Morgan fingerprint density at radius 2 is 1.71 bits per heavy atom. The SMILES string of the molecule is CSc1ccc(S(=O)(=O)NCc2ccccc2CN2CCCCC2)cc1C(=O)N1CCOCC1. The van der Waals surface area contributed by atoms with E-state index in [0.717, 1.165) is 35.7 Å². The number of carbonyl (C=O) groups excluding carboxylic acids is 1. The molecule has 0 atom stereocenters. The van der Waals surface area contributed by atoms with Crippen LogP contribution in [0.3, 0.4) is 0 Å². The van der Waals surface area contributed by atoms with Crippen LogP contribution in [0, 0.1) is 0 Å². The molecule has 34 heavy (non-hydrogen) atoms. The van der Waals surface area contributed by atoms with Crippen molar-refractivity contribution in [2.24, 2.45) is 0 Å². The van der Waals surface area contributed by atoms with Crippen molar-refractivity contribution in [2.75, 3.05) is 45.6 Å². The number of morpholine rings is 1. The van der Waals surface area contributed by atoms with E-state index in [4.69, 9.17) is 4.74 Å². The molecule has 0 aromatic heterocycles. The van der Waals surface area contributed by atoms with E-state index in [-0.39, 0.29) is 17.3 Å². The molecule has 184 valence electrons. The minimum absolute atomic E-state index is 0.107. The minimum atomic E-state index is -3.79. The summed E-state index contributed by atoms with van der Waals surface area (Å²) in [4.78, 5) is 18.1. The van der Waals surface area contributed by atoms with E-state index in [0.29, 0.717) is 31.9 Å². The summed E-state index contributed by atoms with van der Waals surface area (Å²) in [6, 6.07) is 12.8. The molecule has 0 spiro atoms.